The molecule has 5 nitrogen and oxygen atoms in total. The molecular formula is C11H23NO4. The molecule has 0 aromatic rings. The molecule has 96 valence electrons. The number of aliphatic hydroxyl groups is 3. The Labute approximate surface area is 96.5 Å². The van der Waals surface area contributed by atoms with Gasteiger partial charge in [-0.05, 0) is 12.8 Å². The fourth-order valence-electron chi connectivity index (χ4n) is 1.10. The Morgan fingerprint density at radius 1 is 1.38 bits per heavy atom. The van der Waals surface area contributed by atoms with Gasteiger partial charge in [0.2, 0.25) is 5.91 Å². The number of hydrogen-bond donors (Lipinski definition) is 4. The van der Waals surface area contributed by atoms with Gasteiger partial charge in [0, 0.05) is 12.0 Å². The van der Waals surface area contributed by atoms with Crippen molar-refractivity contribution < 1.29 is 20.1 Å². The molecule has 0 radical (unpaired) electrons. The molecule has 5 heteroatoms. The van der Waals surface area contributed by atoms with E-state index >= 15 is 0 Å². The van der Waals surface area contributed by atoms with Gasteiger partial charge >= 0.3 is 0 Å². The Hall–Kier alpha value is -0.650. The summed E-state index contributed by atoms with van der Waals surface area (Å²) in [6.45, 7) is 5.14. The Kier molecular flexibility index (Phi) is 6.55. The van der Waals surface area contributed by atoms with E-state index in [2.05, 4.69) is 5.32 Å². The smallest absolute Gasteiger partial charge is 0.249 e. The molecule has 16 heavy (non-hydrogen) atoms. The summed E-state index contributed by atoms with van der Waals surface area (Å²) in [5, 5.41) is 30.4. The molecule has 4 N–H and O–H groups in total. The molecule has 0 aromatic heterocycles. The SMILES string of the molecule is CCC(O)CCNC(=O)[C@H](O)C(C)(C)CO. The molecule has 0 rings (SSSR count). The van der Waals surface area contributed by atoms with Crippen molar-refractivity contribution in [3.63, 3.8) is 0 Å². The van der Waals surface area contributed by atoms with Crippen LogP contribution in [0.15, 0.2) is 0 Å². The van der Waals surface area contributed by atoms with Crippen LogP contribution < -0.4 is 5.32 Å². The Balaban J connectivity index is 3.98. The minimum absolute atomic E-state index is 0.265. The number of amides is 1. The molecule has 0 aromatic carbocycles. The van der Waals surface area contributed by atoms with Crippen molar-refractivity contribution >= 4 is 5.91 Å². The first-order valence-electron chi connectivity index (χ1n) is 5.59. The summed E-state index contributed by atoms with van der Waals surface area (Å²) >= 11 is 0. The van der Waals surface area contributed by atoms with E-state index in [1.807, 2.05) is 6.92 Å². The van der Waals surface area contributed by atoms with Gasteiger partial charge < -0.3 is 20.6 Å². The van der Waals surface area contributed by atoms with Crippen molar-refractivity contribution in [2.75, 3.05) is 13.2 Å². The summed E-state index contributed by atoms with van der Waals surface area (Å²) in [5.41, 5.74) is -0.854. The van der Waals surface area contributed by atoms with Crippen LogP contribution in [0.4, 0.5) is 0 Å². The summed E-state index contributed by atoms with van der Waals surface area (Å²) in [6.07, 6.45) is -0.561. The first-order valence-corrected chi connectivity index (χ1v) is 5.59. The average molecular weight is 233 g/mol. The van der Waals surface area contributed by atoms with E-state index in [4.69, 9.17) is 5.11 Å². The fourth-order valence-corrected chi connectivity index (χ4v) is 1.10. The van der Waals surface area contributed by atoms with Crippen molar-refractivity contribution in [1.82, 2.24) is 5.32 Å². The number of hydrogen-bond acceptors (Lipinski definition) is 4. The monoisotopic (exact) mass is 233 g/mol. The molecule has 0 saturated heterocycles. The quantitative estimate of drug-likeness (QED) is 0.483. The fraction of sp³-hybridized carbons (Fsp3) is 0.909. The maximum Gasteiger partial charge on any atom is 0.249 e. The van der Waals surface area contributed by atoms with Crippen LogP contribution in [0.1, 0.15) is 33.6 Å². The molecule has 0 bridgehead atoms. The largest absolute Gasteiger partial charge is 0.396 e. The zero-order valence-electron chi connectivity index (χ0n) is 10.2. The number of nitrogens with one attached hydrogen (secondary N) is 1. The minimum Gasteiger partial charge on any atom is -0.396 e. The van der Waals surface area contributed by atoms with Crippen LogP contribution in [0.25, 0.3) is 0 Å². The molecule has 2 atom stereocenters. The predicted octanol–water partition coefficient (Wildman–Crippen LogP) is -0.357. The number of carbonyl (C=O) groups is 1. The molecule has 0 heterocycles. The average Bonchev–Trinajstić information content (AvgIpc) is 2.27. The second-order valence-electron chi connectivity index (χ2n) is 4.69. The van der Waals surface area contributed by atoms with Gasteiger partial charge in [0.15, 0.2) is 0 Å². The molecule has 0 saturated carbocycles. The van der Waals surface area contributed by atoms with Crippen molar-refractivity contribution in [1.29, 1.82) is 0 Å². The van der Waals surface area contributed by atoms with E-state index < -0.39 is 23.5 Å². The molecule has 1 unspecified atom stereocenters. The van der Waals surface area contributed by atoms with Gasteiger partial charge in [0.25, 0.3) is 0 Å². The third-order valence-corrected chi connectivity index (χ3v) is 2.64. The highest BCUT2D eigenvalue weighted by Crippen LogP contribution is 2.19. The zero-order chi connectivity index (χ0) is 12.8. The topological polar surface area (TPSA) is 89.8 Å². The molecule has 0 aliphatic carbocycles. The van der Waals surface area contributed by atoms with Crippen LogP contribution in [0.5, 0.6) is 0 Å². The summed E-state index contributed by atoms with van der Waals surface area (Å²) in [7, 11) is 0. The van der Waals surface area contributed by atoms with E-state index in [0.29, 0.717) is 19.4 Å². The maximum absolute atomic E-state index is 11.5. The van der Waals surface area contributed by atoms with Crippen molar-refractivity contribution in [2.24, 2.45) is 5.41 Å². The van der Waals surface area contributed by atoms with Crippen LogP contribution in [0.3, 0.4) is 0 Å². The minimum atomic E-state index is -1.24. The Bertz CT molecular complexity index is 218. The standard InChI is InChI=1S/C11H23NO4/c1-4-8(14)5-6-12-10(16)9(15)11(2,3)7-13/h8-9,13-15H,4-7H2,1-3H3,(H,12,16)/t8?,9-/m0/s1. The lowest BCUT2D eigenvalue weighted by atomic mass is 9.87. The zero-order valence-corrected chi connectivity index (χ0v) is 10.2. The van der Waals surface area contributed by atoms with Crippen LogP contribution in [-0.2, 0) is 4.79 Å². The van der Waals surface area contributed by atoms with Gasteiger partial charge in [-0.15, -0.1) is 0 Å². The molecule has 0 spiro atoms. The van der Waals surface area contributed by atoms with Crippen molar-refractivity contribution in [3.05, 3.63) is 0 Å². The molecule has 0 aliphatic rings. The Morgan fingerprint density at radius 2 is 1.94 bits per heavy atom. The van der Waals surface area contributed by atoms with Crippen molar-refractivity contribution in [3.8, 4) is 0 Å². The third-order valence-electron chi connectivity index (χ3n) is 2.64. The third kappa shape index (κ3) is 4.92. The summed E-state index contributed by atoms with van der Waals surface area (Å²) in [5.74, 6) is -0.512. The van der Waals surface area contributed by atoms with Crippen molar-refractivity contribution in [2.45, 2.75) is 45.8 Å². The summed E-state index contributed by atoms with van der Waals surface area (Å²) < 4.78 is 0. The molecular weight excluding hydrogens is 210 g/mol. The van der Waals surface area contributed by atoms with Crippen LogP contribution >= 0.6 is 0 Å². The highest BCUT2D eigenvalue weighted by molar-refractivity contribution is 5.81. The van der Waals surface area contributed by atoms with Gasteiger partial charge in [0.05, 0.1) is 12.7 Å². The van der Waals surface area contributed by atoms with Gasteiger partial charge in [0.1, 0.15) is 6.10 Å². The summed E-state index contributed by atoms with van der Waals surface area (Å²) in [4.78, 5) is 11.5. The molecule has 1 amide bonds. The van der Waals surface area contributed by atoms with E-state index in [0.717, 1.165) is 0 Å². The lowest BCUT2D eigenvalue weighted by Crippen LogP contribution is -2.46. The second-order valence-corrected chi connectivity index (χ2v) is 4.69. The normalized spacial score (nSPS) is 15.6. The van der Waals surface area contributed by atoms with E-state index in [1.165, 1.54) is 0 Å². The highest BCUT2D eigenvalue weighted by atomic mass is 16.3. The number of aliphatic hydroxyl groups excluding tert-OH is 3. The first-order chi connectivity index (χ1) is 7.35. The lowest BCUT2D eigenvalue weighted by molar-refractivity contribution is -0.137. The van der Waals surface area contributed by atoms with Gasteiger partial charge in [-0.2, -0.15) is 0 Å². The van der Waals surface area contributed by atoms with E-state index in [1.54, 1.807) is 13.8 Å². The van der Waals surface area contributed by atoms with E-state index in [-0.39, 0.29) is 6.61 Å². The number of rotatable bonds is 7. The number of carbonyl (C=O) groups excluding carboxylic acids is 1. The first kappa shape index (κ1) is 15.3. The van der Waals surface area contributed by atoms with Gasteiger partial charge in [-0.25, -0.2) is 0 Å². The predicted molar refractivity (Wildman–Crippen MR) is 60.8 cm³/mol. The maximum atomic E-state index is 11.5. The lowest BCUT2D eigenvalue weighted by Gasteiger charge is -2.27. The van der Waals surface area contributed by atoms with E-state index in [9.17, 15) is 15.0 Å². The van der Waals surface area contributed by atoms with Crippen LogP contribution in [0.2, 0.25) is 0 Å². The van der Waals surface area contributed by atoms with Crippen LogP contribution in [-0.4, -0.2) is 46.6 Å². The van der Waals surface area contributed by atoms with Crippen LogP contribution in [0, 0.1) is 5.41 Å². The summed E-state index contributed by atoms with van der Waals surface area (Å²) in [6, 6.07) is 0. The Morgan fingerprint density at radius 3 is 2.38 bits per heavy atom. The van der Waals surface area contributed by atoms with Gasteiger partial charge in [-0.1, -0.05) is 20.8 Å². The highest BCUT2D eigenvalue weighted by Gasteiger charge is 2.32. The molecule has 0 aliphatic heterocycles. The second kappa shape index (κ2) is 6.83. The molecule has 0 fully saturated rings. The van der Waals surface area contributed by atoms with Gasteiger partial charge in [-0.3, -0.25) is 4.79 Å².